The van der Waals surface area contributed by atoms with Gasteiger partial charge in [-0.15, -0.1) is 0 Å². The first kappa shape index (κ1) is 19.5. The van der Waals surface area contributed by atoms with E-state index in [-0.39, 0.29) is 29.0 Å². The number of nitrogens with zero attached hydrogens (tertiary/aromatic N) is 2. The molecule has 1 amide bonds. The second kappa shape index (κ2) is 9.02. The average molecular weight is 403 g/mol. The first-order valence-corrected chi connectivity index (χ1v) is 8.93. The van der Waals surface area contributed by atoms with Crippen molar-refractivity contribution in [2.45, 2.75) is 6.92 Å². The van der Waals surface area contributed by atoms with Gasteiger partial charge in [-0.25, -0.2) is 4.79 Å². The lowest BCUT2D eigenvalue weighted by molar-refractivity contribution is -0.142. The lowest BCUT2D eigenvalue weighted by Gasteiger charge is -2.14. The molecular weight excluding hydrogens is 388 g/mol. The monoisotopic (exact) mass is 402 g/mol. The Morgan fingerprint density at radius 2 is 2.24 bits per heavy atom. The summed E-state index contributed by atoms with van der Waals surface area (Å²) in [7, 11) is 1.26. The van der Waals surface area contributed by atoms with Crippen molar-refractivity contribution in [3.8, 4) is 11.5 Å². The minimum absolute atomic E-state index is 0.180. The fourth-order valence-corrected chi connectivity index (χ4v) is 3.08. The van der Waals surface area contributed by atoms with Gasteiger partial charge in [-0.1, -0.05) is 35.6 Å². The maximum Gasteiger partial charge on any atom is 0.343 e. The van der Waals surface area contributed by atoms with Crippen molar-refractivity contribution in [2.75, 3.05) is 26.1 Å². The highest BCUT2D eigenvalue weighted by Crippen LogP contribution is 2.36. The number of hydrogen-bond donors (Lipinski definition) is 0. The molecule has 1 aliphatic heterocycles. The Balaban J connectivity index is 2.24. The highest BCUT2D eigenvalue weighted by atomic mass is 35.5. The topological polar surface area (TPSA) is 77.4 Å². The third kappa shape index (κ3) is 5.07. The van der Waals surface area contributed by atoms with Crippen LogP contribution in [0.25, 0.3) is 0 Å². The summed E-state index contributed by atoms with van der Waals surface area (Å²) in [5, 5.41) is 5.48. The van der Waals surface area contributed by atoms with Gasteiger partial charge in [0.15, 0.2) is 22.4 Å². The van der Waals surface area contributed by atoms with Crippen LogP contribution in [0.15, 0.2) is 17.2 Å². The molecule has 0 unspecified atom stereocenters. The summed E-state index contributed by atoms with van der Waals surface area (Å²) in [6, 6.07) is 3.22. The van der Waals surface area contributed by atoms with Crippen LogP contribution in [0.4, 0.5) is 0 Å². The van der Waals surface area contributed by atoms with E-state index in [1.54, 1.807) is 19.1 Å². The summed E-state index contributed by atoms with van der Waals surface area (Å²) in [4.78, 5) is 22.9. The van der Waals surface area contributed by atoms with E-state index in [1.807, 2.05) is 0 Å². The van der Waals surface area contributed by atoms with Gasteiger partial charge >= 0.3 is 5.97 Å². The molecule has 1 aromatic rings. The van der Waals surface area contributed by atoms with E-state index in [1.165, 1.54) is 25.1 Å². The summed E-state index contributed by atoms with van der Waals surface area (Å²) < 4.78 is 15.8. The number of thioether (sulfide) groups is 1. The second-order valence-electron chi connectivity index (χ2n) is 4.63. The first-order chi connectivity index (χ1) is 12.0. The molecular formula is C15H15ClN2O5S2. The predicted molar refractivity (Wildman–Crippen MR) is 99.6 cm³/mol. The standard InChI is InChI=1S/C15H15ClN2O5S2/c1-3-22-11-5-9(6-17-18-12(19)8-25-15(18)24)4-10(16)14(11)23-7-13(20)21-2/h4-6H,3,7-8H2,1-2H3/b17-6-. The number of hydrogen-bond acceptors (Lipinski definition) is 8. The molecule has 10 heteroatoms. The van der Waals surface area contributed by atoms with Crippen LogP contribution in [0, 0.1) is 0 Å². The lowest BCUT2D eigenvalue weighted by Crippen LogP contribution is -2.22. The van der Waals surface area contributed by atoms with Crippen molar-refractivity contribution in [1.29, 1.82) is 0 Å². The van der Waals surface area contributed by atoms with Gasteiger partial charge in [-0.05, 0) is 24.6 Å². The molecule has 0 radical (unpaired) electrons. The van der Waals surface area contributed by atoms with E-state index in [0.717, 1.165) is 5.01 Å². The summed E-state index contributed by atoms with van der Waals surface area (Å²) in [5.41, 5.74) is 0.589. The molecule has 1 saturated heterocycles. The number of benzene rings is 1. The third-order valence-electron chi connectivity index (χ3n) is 2.94. The van der Waals surface area contributed by atoms with E-state index in [2.05, 4.69) is 9.84 Å². The summed E-state index contributed by atoms with van der Waals surface area (Å²) in [6.45, 7) is 1.88. The van der Waals surface area contributed by atoms with Gasteiger partial charge in [-0.3, -0.25) is 4.79 Å². The molecule has 0 aromatic heterocycles. The first-order valence-electron chi connectivity index (χ1n) is 7.16. The number of carbonyl (C=O) groups is 2. The molecule has 2 rings (SSSR count). The lowest BCUT2D eigenvalue weighted by atomic mass is 10.2. The fraction of sp³-hybridized carbons (Fsp3) is 0.333. The SMILES string of the molecule is CCOc1cc(/C=N\N2C(=O)CSC2=S)cc(Cl)c1OCC(=O)OC. The number of esters is 1. The van der Waals surface area contributed by atoms with Crippen LogP contribution in [-0.2, 0) is 14.3 Å². The van der Waals surface area contributed by atoms with Crippen LogP contribution in [0.5, 0.6) is 11.5 Å². The average Bonchev–Trinajstić information content (AvgIpc) is 2.90. The third-order valence-corrected chi connectivity index (χ3v) is 4.56. The van der Waals surface area contributed by atoms with Gasteiger partial charge in [0, 0.05) is 0 Å². The van der Waals surface area contributed by atoms with Crippen LogP contribution >= 0.6 is 35.6 Å². The number of hydrazone groups is 1. The number of carbonyl (C=O) groups excluding carboxylic acids is 2. The van der Waals surface area contributed by atoms with Crippen molar-refractivity contribution in [3.63, 3.8) is 0 Å². The highest BCUT2D eigenvalue weighted by Gasteiger charge is 2.26. The van der Waals surface area contributed by atoms with Gasteiger partial charge in [0.2, 0.25) is 0 Å². The Morgan fingerprint density at radius 1 is 1.48 bits per heavy atom. The second-order valence-corrected chi connectivity index (χ2v) is 6.65. The van der Waals surface area contributed by atoms with Crippen LogP contribution in [0.3, 0.4) is 0 Å². The Bertz CT molecular complexity index is 710. The van der Waals surface area contributed by atoms with Crippen molar-refractivity contribution >= 4 is 58.0 Å². The number of thiocarbonyl (C=S) groups is 1. The molecule has 0 atom stereocenters. The van der Waals surface area contributed by atoms with Gasteiger partial charge in [0.1, 0.15) is 0 Å². The highest BCUT2D eigenvalue weighted by molar-refractivity contribution is 8.23. The van der Waals surface area contributed by atoms with Gasteiger partial charge in [-0.2, -0.15) is 10.1 Å². The molecule has 0 spiro atoms. The number of methoxy groups -OCH3 is 1. The van der Waals surface area contributed by atoms with E-state index in [9.17, 15) is 9.59 Å². The van der Waals surface area contributed by atoms with Gasteiger partial charge in [0.25, 0.3) is 5.91 Å². The fourth-order valence-electron chi connectivity index (χ4n) is 1.84. The van der Waals surface area contributed by atoms with Gasteiger partial charge in [0.05, 0.1) is 30.7 Å². The Labute approximate surface area is 159 Å². The molecule has 1 fully saturated rings. The smallest absolute Gasteiger partial charge is 0.343 e. The number of rotatable bonds is 7. The number of halogens is 1. The maximum atomic E-state index is 11.7. The normalized spacial score (nSPS) is 14.3. The molecule has 0 bridgehead atoms. The summed E-state index contributed by atoms with van der Waals surface area (Å²) in [5.74, 6) is 0.143. The van der Waals surface area contributed by atoms with Crippen molar-refractivity contribution in [2.24, 2.45) is 5.10 Å². The molecule has 1 heterocycles. The van der Waals surface area contributed by atoms with E-state index in [0.29, 0.717) is 22.2 Å². The van der Waals surface area contributed by atoms with Crippen LogP contribution < -0.4 is 9.47 Å². The summed E-state index contributed by atoms with van der Waals surface area (Å²) >= 11 is 12.5. The molecule has 25 heavy (non-hydrogen) atoms. The largest absolute Gasteiger partial charge is 0.490 e. The number of amides is 1. The molecule has 0 N–H and O–H groups in total. The van der Waals surface area contributed by atoms with E-state index in [4.69, 9.17) is 33.3 Å². The molecule has 134 valence electrons. The zero-order chi connectivity index (χ0) is 18.4. The van der Waals surface area contributed by atoms with Crippen molar-refractivity contribution < 1.29 is 23.8 Å². The molecule has 1 aliphatic rings. The van der Waals surface area contributed by atoms with Crippen LogP contribution in [0.1, 0.15) is 12.5 Å². The number of ether oxygens (including phenoxy) is 3. The zero-order valence-corrected chi connectivity index (χ0v) is 15.9. The van der Waals surface area contributed by atoms with Gasteiger partial charge < -0.3 is 14.2 Å². The maximum absolute atomic E-state index is 11.7. The molecule has 0 saturated carbocycles. The van der Waals surface area contributed by atoms with Crippen LogP contribution in [0.2, 0.25) is 5.02 Å². The molecule has 7 nitrogen and oxygen atoms in total. The molecule has 0 aliphatic carbocycles. The van der Waals surface area contributed by atoms with E-state index < -0.39 is 5.97 Å². The summed E-state index contributed by atoms with van der Waals surface area (Å²) in [6.07, 6.45) is 1.45. The Morgan fingerprint density at radius 3 is 2.84 bits per heavy atom. The Kier molecular flexibility index (Phi) is 7.03. The zero-order valence-electron chi connectivity index (χ0n) is 13.5. The van der Waals surface area contributed by atoms with Crippen molar-refractivity contribution in [3.05, 3.63) is 22.7 Å². The van der Waals surface area contributed by atoms with Crippen LogP contribution in [-0.4, -0.2) is 53.5 Å². The predicted octanol–water partition coefficient (Wildman–Crippen LogP) is 2.48. The molecule has 1 aromatic carbocycles. The minimum atomic E-state index is -0.539. The van der Waals surface area contributed by atoms with E-state index >= 15 is 0 Å². The quantitative estimate of drug-likeness (QED) is 0.394. The minimum Gasteiger partial charge on any atom is -0.490 e. The van der Waals surface area contributed by atoms with Crippen molar-refractivity contribution in [1.82, 2.24) is 5.01 Å². The Hall–Kier alpha value is -1.84.